The second-order valence-electron chi connectivity index (χ2n) is 15.2. The van der Waals surface area contributed by atoms with Crippen molar-refractivity contribution in [3.05, 3.63) is 187 Å². The van der Waals surface area contributed by atoms with Gasteiger partial charge in [0.15, 0.2) is 5.58 Å². The molecule has 1 atom stereocenters. The summed E-state index contributed by atoms with van der Waals surface area (Å²) >= 11 is 0. The minimum absolute atomic E-state index is 0.221. The molecular formula is C52H35N5O2. The van der Waals surface area contributed by atoms with Crippen LogP contribution in [-0.4, -0.2) is 20.8 Å². The van der Waals surface area contributed by atoms with Crippen LogP contribution in [0.2, 0.25) is 0 Å². The van der Waals surface area contributed by atoms with Crippen LogP contribution in [0, 0.1) is 5.41 Å². The van der Waals surface area contributed by atoms with Gasteiger partial charge in [-0.25, -0.2) is 0 Å². The van der Waals surface area contributed by atoms with Gasteiger partial charge < -0.3 is 18.7 Å². The molecule has 0 bridgehead atoms. The number of hydrogen-bond donors (Lipinski definition) is 2. The van der Waals surface area contributed by atoms with Crippen LogP contribution in [0.5, 0.6) is 0 Å². The van der Waals surface area contributed by atoms with E-state index in [0.29, 0.717) is 0 Å². The highest BCUT2D eigenvalue weighted by Gasteiger charge is 2.21. The van der Waals surface area contributed by atoms with E-state index in [9.17, 15) is 5.41 Å². The number of benzene rings is 8. The van der Waals surface area contributed by atoms with Crippen molar-refractivity contribution in [1.29, 1.82) is 5.41 Å². The molecule has 0 saturated carbocycles. The van der Waals surface area contributed by atoms with Crippen molar-refractivity contribution in [2.45, 2.75) is 13.1 Å². The predicted octanol–water partition coefficient (Wildman–Crippen LogP) is 13.3. The molecular weight excluding hydrogens is 727 g/mol. The third-order valence-corrected chi connectivity index (χ3v) is 11.8. The Balaban J connectivity index is 0.984. The van der Waals surface area contributed by atoms with Crippen molar-refractivity contribution in [3.63, 3.8) is 0 Å². The van der Waals surface area contributed by atoms with Crippen LogP contribution < -0.4 is 5.32 Å². The molecule has 0 radical (unpaired) electrons. The van der Waals surface area contributed by atoms with E-state index >= 15 is 0 Å². The van der Waals surface area contributed by atoms with E-state index in [-0.39, 0.29) is 5.96 Å². The molecule has 59 heavy (non-hydrogen) atoms. The zero-order chi connectivity index (χ0) is 39.2. The summed E-state index contributed by atoms with van der Waals surface area (Å²) < 4.78 is 17.4. The normalized spacial score (nSPS) is 12.9. The van der Waals surface area contributed by atoms with Gasteiger partial charge >= 0.3 is 0 Å². The van der Waals surface area contributed by atoms with Crippen LogP contribution in [0.4, 0.5) is 0 Å². The summed E-state index contributed by atoms with van der Waals surface area (Å²) in [5, 5.41) is 21.9. The Morgan fingerprint density at radius 3 is 1.73 bits per heavy atom. The van der Waals surface area contributed by atoms with Gasteiger partial charge in [-0.3, -0.25) is 15.0 Å². The lowest BCUT2D eigenvalue weighted by atomic mass is 10.1. The first-order valence-corrected chi connectivity index (χ1v) is 19.8. The van der Waals surface area contributed by atoms with Crippen LogP contribution in [-0.2, 0) is 0 Å². The van der Waals surface area contributed by atoms with E-state index in [2.05, 4.69) is 137 Å². The fraction of sp³-hybridized carbons (Fsp3) is 0.0385. The number of nitrogens with zero attached hydrogens (tertiary/aromatic N) is 3. The number of rotatable bonds is 5. The van der Waals surface area contributed by atoms with E-state index in [0.717, 1.165) is 99.2 Å². The maximum Gasteiger partial charge on any atom is 0.202 e. The predicted molar refractivity (Wildman–Crippen MR) is 242 cm³/mol. The van der Waals surface area contributed by atoms with Gasteiger partial charge in [-0.2, -0.15) is 0 Å². The number of aliphatic imine (C=N–C) groups is 1. The van der Waals surface area contributed by atoms with E-state index < -0.39 is 6.17 Å². The summed E-state index contributed by atoms with van der Waals surface area (Å²) in [6.45, 7) is 2.02. The first-order valence-electron chi connectivity index (χ1n) is 19.8. The number of nitrogens with one attached hydrogen (secondary N) is 2. The Morgan fingerprint density at radius 1 is 0.508 bits per heavy atom. The standard InChI is InChI=1S/C52H35N5O2/c1-31(32-25-27-40-41-18-12-23-46(50(41)59-49(40)29-32)56-42-19-7-2-13-34(42)35-14-3-8-20-43(35)56)54-51(33-26-28-39-38-17-6-11-24-47(38)58-48(39)30-33)55-52(53)57-44-21-9-4-15-36(44)37-16-5-10-22-45(37)57/h2-30,51H,1H3,(H2,53,55)/b54-31+. The van der Waals surface area contributed by atoms with E-state index in [1.54, 1.807) is 0 Å². The highest BCUT2D eigenvalue weighted by atomic mass is 16.3. The first-order chi connectivity index (χ1) is 29.1. The lowest BCUT2D eigenvalue weighted by molar-refractivity contribution is 0.653. The zero-order valence-corrected chi connectivity index (χ0v) is 32.0. The third kappa shape index (κ3) is 5.08. The maximum absolute atomic E-state index is 9.58. The lowest BCUT2D eigenvalue weighted by Crippen LogP contribution is -2.32. The highest BCUT2D eigenvalue weighted by molar-refractivity contribution is 6.15. The van der Waals surface area contributed by atoms with E-state index in [1.807, 2.05) is 60.0 Å². The average Bonchev–Trinajstić information content (AvgIpc) is 4.03. The Labute approximate surface area is 337 Å². The molecule has 12 rings (SSSR count). The molecule has 8 aromatic carbocycles. The molecule has 0 saturated heterocycles. The minimum Gasteiger partial charge on any atom is -0.456 e. The van der Waals surface area contributed by atoms with Crippen molar-refractivity contribution in [2.24, 2.45) is 4.99 Å². The van der Waals surface area contributed by atoms with Gasteiger partial charge in [0.05, 0.1) is 27.8 Å². The smallest absolute Gasteiger partial charge is 0.202 e. The summed E-state index contributed by atoms with van der Waals surface area (Å²) in [5.41, 5.74) is 11.0. The zero-order valence-electron chi connectivity index (χ0n) is 32.0. The molecule has 12 aromatic rings. The Bertz CT molecular complexity index is 3600. The monoisotopic (exact) mass is 761 g/mol. The fourth-order valence-electron chi connectivity index (χ4n) is 9.10. The summed E-state index contributed by atoms with van der Waals surface area (Å²) in [6, 6.07) is 60.5. The first kappa shape index (κ1) is 33.3. The Morgan fingerprint density at radius 2 is 1.03 bits per heavy atom. The summed E-state index contributed by atoms with van der Waals surface area (Å²) in [7, 11) is 0. The molecule has 0 amide bonds. The van der Waals surface area contributed by atoms with Crippen LogP contribution in [0.25, 0.3) is 93.2 Å². The largest absolute Gasteiger partial charge is 0.456 e. The molecule has 7 heteroatoms. The van der Waals surface area contributed by atoms with Crippen molar-refractivity contribution in [2.75, 3.05) is 0 Å². The number of hydrogen-bond acceptors (Lipinski definition) is 4. The van der Waals surface area contributed by atoms with Crippen molar-refractivity contribution in [3.8, 4) is 5.69 Å². The van der Waals surface area contributed by atoms with Crippen molar-refractivity contribution < 1.29 is 8.83 Å². The molecule has 7 nitrogen and oxygen atoms in total. The molecule has 0 spiro atoms. The third-order valence-electron chi connectivity index (χ3n) is 11.8. The summed E-state index contributed by atoms with van der Waals surface area (Å²) in [4.78, 5) is 5.34. The number of furan rings is 2. The van der Waals surface area contributed by atoms with Crippen molar-refractivity contribution >= 4 is 99.2 Å². The summed E-state index contributed by atoms with van der Waals surface area (Å²) in [6.07, 6.45) is -0.617. The molecule has 4 aromatic heterocycles. The van der Waals surface area contributed by atoms with Gasteiger partial charge in [0.2, 0.25) is 5.96 Å². The molecule has 0 fully saturated rings. The van der Waals surface area contributed by atoms with Gasteiger partial charge in [0.25, 0.3) is 0 Å². The maximum atomic E-state index is 9.58. The number of fused-ring (bicyclic) bond motifs is 12. The average molecular weight is 762 g/mol. The molecule has 280 valence electrons. The van der Waals surface area contributed by atoms with Gasteiger partial charge in [-0.1, -0.05) is 121 Å². The van der Waals surface area contributed by atoms with Gasteiger partial charge in [-0.05, 0) is 67.1 Å². The number of para-hydroxylation sites is 6. The van der Waals surface area contributed by atoms with Crippen LogP contribution in [0.3, 0.4) is 0 Å². The SMILES string of the molecule is C/C(=N\C(NC(=N)n1c2ccccc2c2ccccc21)c1ccc2c(c1)oc1ccccc12)c1ccc2c(c1)oc1c(-n3c4ccccc4c4ccccc43)cccc12. The second-order valence-corrected chi connectivity index (χ2v) is 15.2. The lowest BCUT2D eigenvalue weighted by Gasteiger charge is -2.20. The molecule has 1 unspecified atom stereocenters. The molecule has 4 heterocycles. The van der Waals surface area contributed by atoms with Gasteiger partial charge in [0.1, 0.15) is 22.9 Å². The van der Waals surface area contributed by atoms with Crippen LogP contribution in [0.15, 0.2) is 190 Å². The minimum atomic E-state index is -0.617. The van der Waals surface area contributed by atoms with Crippen molar-refractivity contribution in [1.82, 2.24) is 14.5 Å². The number of aromatic nitrogens is 2. The molecule has 0 aliphatic carbocycles. The fourth-order valence-corrected chi connectivity index (χ4v) is 9.10. The van der Waals surface area contributed by atoms with Crippen LogP contribution >= 0.6 is 0 Å². The molecule has 0 aliphatic rings. The van der Waals surface area contributed by atoms with E-state index in [4.69, 9.17) is 13.8 Å². The topological polar surface area (TPSA) is 84.4 Å². The Kier molecular flexibility index (Phi) is 7.22. The van der Waals surface area contributed by atoms with Gasteiger partial charge in [0, 0.05) is 54.4 Å². The molecule has 2 N–H and O–H groups in total. The quantitative estimate of drug-likeness (QED) is 0.135. The van der Waals surface area contributed by atoms with E-state index in [1.165, 1.54) is 10.8 Å². The van der Waals surface area contributed by atoms with Gasteiger partial charge in [-0.15, -0.1) is 0 Å². The second kappa shape index (κ2) is 12.8. The molecule has 0 aliphatic heterocycles. The van der Waals surface area contributed by atoms with Crippen LogP contribution in [0.1, 0.15) is 24.2 Å². The summed E-state index contributed by atoms with van der Waals surface area (Å²) in [5.74, 6) is 0.221. The highest BCUT2D eigenvalue weighted by Crippen LogP contribution is 2.39. The Hall–Kier alpha value is -7.90.